The lowest BCUT2D eigenvalue weighted by atomic mass is 9.80. The van der Waals surface area contributed by atoms with Crippen LogP contribution in [0.2, 0.25) is 0 Å². The Morgan fingerprint density at radius 2 is 1.94 bits per heavy atom. The first kappa shape index (κ1) is 22.4. The summed E-state index contributed by atoms with van der Waals surface area (Å²) < 4.78 is 35.3. The molecule has 2 aromatic carbocycles. The summed E-state index contributed by atoms with van der Waals surface area (Å²) in [5.41, 5.74) is 4.97. The number of aryl methyl sites for hydroxylation is 2. The standard InChI is InChI=1S/C26H31NO5S/c1-18-2-8-24(9-3-18)33(29,30)32-13-11-19-4-5-21-15-22(7-6-20(21)14-19)23-10-12-26(16-23)17-31-25(28)27-26/h2-3,6-9,15,19,23H,4-5,10-14,16-17H2,1H3,(H,27,28)/t19?,23-,26+/m0/s1. The molecule has 1 spiro atoms. The molecule has 5 rings (SSSR count). The maximum absolute atomic E-state index is 12.4. The minimum atomic E-state index is -3.70. The Hall–Kier alpha value is -2.38. The molecule has 6 nitrogen and oxygen atoms in total. The summed E-state index contributed by atoms with van der Waals surface area (Å²) in [6, 6.07) is 13.6. The molecule has 1 unspecified atom stereocenters. The second-order valence-corrected chi connectivity index (χ2v) is 11.6. The lowest BCUT2D eigenvalue weighted by molar-refractivity contribution is 0.172. The van der Waals surface area contributed by atoms with E-state index in [1.807, 2.05) is 6.92 Å². The van der Waals surface area contributed by atoms with Crippen molar-refractivity contribution in [1.29, 1.82) is 0 Å². The molecule has 7 heteroatoms. The molecule has 3 aliphatic rings. The zero-order chi connectivity index (χ0) is 23.1. The monoisotopic (exact) mass is 469 g/mol. The summed E-state index contributed by atoms with van der Waals surface area (Å²) in [5, 5.41) is 3.02. The van der Waals surface area contributed by atoms with Gasteiger partial charge in [-0.3, -0.25) is 4.18 Å². The Morgan fingerprint density at radius 3 is 2.70 bits per heavy atom. The van der Waals surface area contributed by atoms with Crippen molar-refractivity contribution in [2.45, 2.75) is 68.2 Å². The predicted molar refractivity (Wildman–Crippen MR) is 125 cm³/mol. The molecular weight excluding hydrogens is 438 g/mol. The summed E-state index contributed by atoms with van der Waals surface area (Å²) in [7, 11) is -3.70. The van der Waals surface area contributed by atoms with Crippen LogP contribution in [0, 0.1) is 12.8 Å². The van der Waals surface area contributed by atoms with Crippen LogP contribution >= 0.6 is 0 Å². The molecule has 1 heterocycles. The number of hydrogen-bond donors (Lipinski definition) is 1. The van der Waals surface area contributed by atoms with Crippen molar-refractivity contribution in [1.82, 2.24) is 5.32 Å². The molecule has 1 aliphatic heterocycles. The van der Waals surface area contributed by atoms with Crippen molar-refractivity contribution < 1.29 is 22.1 Å². The minimum absolute atomic E-state index is 0.179. The van der Waals surface area contributed by atoms with Crippen LogP contribution in [0.1, 0.15) is 60.3 Å². The number of alkyl carbamates (subject to hydrolysis) is 1. The fourth-order valence-electron chi connectivity index (χ4n) is 5.60. The molecule has 176 valence electrons. The highest BCUT2D eigenvalue weighted by atomic mass is 32.2. The van der Waals surface area contributed by atoms with Gasteiger partial charge >= 0.3 is 6.09 Å². The van der Waals surface area contributed by atoms with Gasteiger partial charge < -0.3 is 10.1 Å². The normalized spacial score (nSPS) is 26.8. The Labute approximate surface area is 195 Å². The Kier molecular flexibility index (Phi) is 5.95. The molecule has 1 saturated carbocycles. The highest BCUT2D eigenvalue weighted by Crippen LogP contribution is 2.43. The van der Waals surface area contributed by atoms with Gasteiger partial charge in [0.2, 0.25) is 0 Å². The van der Waals surface area contributed by atoms with E-state index in [0.717, 1.165) is 50.5 Å². The average Bonchev–Trinajstić information content (AvgIpc) is 3.38. The third-order valence-electron chi connectivity index (χ3n) is 7.56. The summed E-state index contributed by atoms with van der Waals surface area (Å²) in [5.74, 6) is 0.882. The van der Waals surface area contributed by atoms with E-state index in [-0.39, 0.29) is 23.1 Å². The zero-order valence-corrected chi connectivity index (χ0v) is 19.8. The zero-order valence-electron chi connectivity index (χ0n) is 19.0. The number of carbonyl (C=O) groups excluding carboxylic acids is 1. The molecule has 2 aliphatic carbocycles. The topological polar surface area (TPSA) is 81.7 Å². The molecule has 33 heavy (non-hydrogen) atoms. The van der Waals surface area contributed by atoms with Crippen LogP contribution in [-0.4, -0.2) is 33.3 Å². The van der Waals surface area contributed by atoms with E-state index >= 15 is 0 Å². The summed E-state index contributed by atoms with van der Waals surface area (Å²) in [4.78, 5) is 11.7. The molecule has 0 radical (unpaired) electrons. The fourth-order valence-corrected chi connectivity index (χ4v) is 6.52. The van der Waals surface area contributed by atoms with Crippen LogP contribution in [0.5, 0.6) is 0 Å². The van der Waals surface area contributed by atoms with E-state index in [0.29, 0.717) is 18.4 Å². The number of benzene rings is 2. The smallest absolute Gasteiger partial charge is 0.407 e. The maximum atomic E-state index is 12.4. The summed E-state index contributed by atoms with van der Waals surface area (Å²) in [6.45, 7) is 2.62. The van der Waals surface area contributed by atoms with Gasteiger partial charge in [0.15, 0.2) is 0 Å². The molecule has 2 fully saturated rings. The van der Waals surface area contributed by atoms with Crippen molar-refractivity contribution >= 4 is 16.2 Å². The number of amides is 1. The van der Waals surface area contributed by atoms with Crippen LogP contribution < -0.4 is 5.32 Å². The van der Waals surface area contributed by atoms with E-state index in [1.54, 1.807) is 24.3 Å². The quantitative estimate of drug-likeness (QED) is 0.623. The van der Waals surface area contributed by atoms with Crippen LogP contribution in [0.3, 0.4) is 0 Å². The van der Waals surface area contributed by atoms with E-state index < -0.39 is 10.1 Å². The molecule has 1 amide bonds. The summed E-state index contributed by atoms with van der Waals surface area (Å²) in [6.07, 6.45) is 6.43. The number of hydrogen-bond acceptors (Lipinski definition) is 5. The van der Waals surface area contributed by atoms with Crippen molar-refractivity contribution in [2.24, 2.45) is 5.92 Å². The number of ether oxygens (including phenoxy) is 1. The molecule has 0 aromatic heterocycles. The molecule has 3 atom stereocenters. The minimum Gasteiger partial charge on any atom is -0.447 e. The van der Waals surface area contributed by atoms with E-state index in [1.165, 1.54) is 16.7 Å². The van der Waals surface area contributed by atoms with Gasteiger partial charge in [-0.25, -0.2) is 4.79 Å². The van der Waals surface area contributed by atoms with Gasteiger partial charge in [0.05, 0.1) is 17.0 Å². The Morgan fingerprint density at radius 1 is 1.12 bits per heavy atom. The number of nitrogens with one attached hydrogen (secondary N) is 1. The first-order chi connectivity index (χ1) is 15.8. The third kappa shape index (κ3) is 4.80. The maximum Gasteiger partial charge on any atom is 0.407 e. The summed E-state index contributed by atoms with van der Waals surface area (Å²) >= 11 is 0. The lowest BCUT2D eigenvalue weighted by Gasteiger charge is -2.26. The lowest BCUT2D eigenvalue weighted by Crippen LogP contribution is -2.40. The Balaban J connectivity index is 1.16. The van der Waals surface area contributed by atoms with E-state index in [2.05, 4.69) is 23.5 Å². The van der Waals surface area contributed by atoms with Crippen molar-refractivity contribution in [3.63, 3.8) is 0 Å². The van der Waals surface area contributed by atoms with Crippen LogP contribution in [0.4, 0.5) is 4.79 Å². The largest absolute Gasteiger partial charge is 0.447 e. The first-order valence-electron chi connectivity index (χ1n) is 11.8. The Bertz CT molecular complexity index is 1140. The molecular formula is C26H31NO5S. The van der Waals surface area contributed by atoms with Crippen LogP contribution in [0.15, 0.2) is 47.4 Å². The van der Waals surface area contributed by atoms with Crippen molar-refractivity contribution in [3.8, 4) is 0 Å². The van der Waals surface area contributed by atoms with Crippen LogP contribution in [-0.2, 0) is 31.9 Å². The predicted octanol–water partition coefficient (Wildman–Crippen LogP) is 4.64. The molecule has 1 N–H and O–H groups in total. The van der Waals surface area contributed by atoms with Gasteiger partial charge in [0, 0.05) is 0 Å². The van der Waals surface area contributed by atoms with Gasteiger partial charge in [0.25, 0.3) is 10.1 Å². The third-order valence-corrected chi connectivity index (χ3v) is 8.89. The second kappa shape index (κ2) is 8.76. The number of carbonyl (C=O) groups is 1. The van der Waals surface area contributed by atoms with Crippen molar-refractivity contribution in [3.05, 3.63) is 64.7 Å². The van der Waals surface area contributed by atoms with Gasteiger partial charge in [-0.15, -0.1) is 0 Å². The van der Waals surface area contributed by atoms with Gasteiger partial charge in [-0.2, -0.15) is 8.42 Å². The van der Waals surface area contributed by atoms with Gasteiger partial charge in [-0.1, -0.05) is 35.9 Å². The SMILES string of the molecule is Cc1ccc(S(=O)(=O)OCCC2CCc3cc([C@H]4CC[C@]5(COC(=O)N5)C4)ccc3C2)cc1. The van der Waals surface area contributed by atoms with Gasteiger partial charge in [0.1, 0.15) is 6.61 Å². The molecule has 0 bridgehead atoms. The van der Waals surface area contributed by atoms with Gasteiger partial charge in [-0.05, 0) is 92.5 Å². The molecule has 1 saturated heterocycles. The average molecular weight is 470 g/mol. The second-order valence-electron chi connectivity index (χ2n) is 9.94. The first-order valence-corrected chi connectivity index (χ1v) is 13.3. The van der Waals surface area contributed by atoms with E-state index in [4.69, 9.17) is 8.92 Å². The highest BCUT2D eigenvalue weighted by Gasteiger charge is 2.46. The number of fused-ring (bicyclic) bond motifs is 1. The van der Waals surface area contributed by atoms with E-state index in [9.17, 15) is 13.2 Å². The van der Waals surface area contributed by atoms with Crippen molar-refractivity contribution in [2.75, 3.05) is 13.2 Å². The van der Waals surface area contributed by atoms with Crippen LogP contribution in [0.25, 0.3) is 0 Å². The number of rotatable bonds is 6. The number of cyclic esters (lactones) is 1. The molecule has 2 aromatic rings. The highest BCUT2D eigenvalue weighted by molar-refractivity contribution is 7.86. The fraction of sp³-hybridized carbons (Fsp3) is 0.500.